The van der Waals surface area contributed by atoms with Gasteiger partial charge in [-0.1, -0.05) is 29.8 Å². The maximum absolute atomic E-state index is 12.3. The molecule has 12 heteroatoms. The molecule has 2 aromatic carbocycles. The van der Waals surface area contributed by atoms with Gasteiger partial charge in [0.2, 0.25) is 11.9 Å². The first kappa shape index (κ1) is 30.4. The van der Waals surface area contributed by atoms with Gasteiger partial charge in [-0.05, 0) is 64.7 Å². The molecular formula is C29H35Cl2N7O3. The number of carbonyl (C=O) groups excluding carboxylic acids is 1. The van der Waals surface area contributed by atoms with E-state index in [2.05, 4.69) is 56.4 Å². The van der Waals surface area contributed by atoms with E-state index in [1.165, 1.54) is 6.08 Å². The molecule has 4 N–H and O–H groups in total. The second-order valence-corrected chi connectivity index (χ2v) is 11.3. The Bertz CT molecular complexity index is 1440. The van der Waals surface area contributed by atoms with Crippen LogP contribution in [-0.4, -0.2) is 66.2 Å². The van der Waals surface area contributed by atoms with Crippen molar-refractivity contribution in [1.82, 2.24) is 14.9 Å². The van der Waals surface area contributed by atoms with Gasteiger partial charge < -0.3 is 35.6 Å². The zero-order chi connectivity index (χ0) is 29.9. The molecule has 1 aliphatic rings. The fourth-order valence-electron chi connectivity index (χ4n) is 4.67. The van der Waals surface area contributed by atoms with Gasteiger partial charge in [-0.25, -0.2) is 4.98 Å². The predicted molar refractivity (Wildman–Crippen MR) is 166 cm³/mol. The minimum absolute atomic E-state index is 0.278. The number of halogens is 2. The summed E-state index contributed by atoms with van der Waals surface area (Å²) >= 11 is 12.5. The molecule has 1 aromatic heterocycles. The quantitative estimate of drug-likeness (QED) is 0.215. The van der Waals surface area contributed by atoms with Gasteiger partial charge in [0.1, 0.15) is 11.6 Å². The first-order chi connectivity index (χ1) is 19.4. The highest BCUT2D eigenvalue weighted by molar-refractivity contribution is 6.42. The number of aliphatic hydroxyl groups is 1. The van der Waals surface area contributed by atoms with Crippen molar-refractivity contribution in [3.63, 3.8) is 0 Å². The third kappa shape index (κ3) is 7.20. The number of methoxy groups -OCH3 is 1. The average molecular weight is 601 g/mol. The molecule has 0 spiro atoms. The van der Waals surface area contributed by atoms with E-state index in [9.17, 15) is 9.90 Å². The Morgan fingerprint density at radius 1 is 1.17 bits per heavy atom. The molecule has 10 nitrogen and oxygen atoms in total. The molecule has 1 aliphatic heterocycles. The summed E-state index contributed by atoms with van der Waals surface area (Å²) in [6.45, 7) is 8.56. The van der Waals surface area contributed by atoms with Crippen molar-refractivity contribution in [3.8, 4) is 5.75 Å². The van der Waals surface area contributed by atoms with Gasteiger partial charge in [-0.2, -0.15) is 4.98 Å². The van der Waals surface area contributed by atoms with Crippen LogP contribution in [0.3, 0.4) is 0 Å². The van der Waals surface area contributed by atoms with Gasteiger partial charge in [0.25, 0.3) is 0 Å². The van der Waals surface area contributed by atoms with Crippen LogP contribution < -0.4 is 25.6 Å². The lowest BCUT2D eigenvalue weighted by molar-refractivity contribution is -0.111. The van der Waals surface area contributed by atoms with Crippen LogP contribution >= 0.6 is 23.2 Å². The predicted octanol–water partition coefficient (Wildman–Crippen LogP) is 5.77. The number of hydrogen-bond acceptors (Lipinski definition) is 9. The Morgan fingerprint density at radius 2 is 1.90 bits per heavy atom. The van der Waals surface area contributed by atoms with Gasteiger partial charge in [-0.15, -0.1) is 0 Å². The Hall–Kier alpha value is -3.57. The monoisotopic (exact) mass is 599 g/mol. The number of nitrogens with zero attached hydrogens (tertiary/aromatic N) is 4. The summed E-state index contributed by atoms with van der Waals surface area (Å²) in [4.78, 5) is 25.7. The summed E-state index contributed by atoms with van der Waals surface area (Å²) in [6, 6.07) is 9.05. The van der Waals surface area contributed by atoms with E-state index in [-0.39, 0.29) is 11.9 Å². The van der Waals surface area contributed by atoms with Crippen LogP contribution in [0.25, 0.3) is 0 Å². The van der Waals surface area contributed by atoms with Crippen LogP contribution in [0.5, 0.6) is 5.75 Å². The highest BCUT2D eigenvalue weighted by atomic mass is 35.5. The minimum atomic E-state index is -1.19. The van der Waals surface area contributed by atoms with Crippen molar-refractivity contribution in [2.24, 2.45) is 0 Å². The number of amides is 1. The molecule has 2 heterocycles. The Morgan fingerprint density at radius 3 is 2.54 bits per heavy atom. The Kier molecular flexibility index (Phi) is 9.28. The Balaban J connectivity index is 1.66. The number of likely N-dealkylation sites (N-methyl/N-ethyl adjacent to an activating group) is 1. The van der Waals surface area contributed by atoms with E-state index in [0.29, 0.717) is 50.3 Å². The average Bonchev–Trinajstić information content (AvgIpc) is 3.41. The van der Waals surface area contributed by atoms with Crippen LogP contribution in [-0.2, 0) is 10.4 Å². The third-order valence-corrected chi connectivity index (χ3v) is 7.60. The number of rotatable bonds is 10. The van der Waals surface area contributed by atoms with Crippen molar-refractivity contribution in [1.29, 1.82) is 0 Å². The molecule has 0 bridgehead atoms. The fraction of sp³-hybridized carbons (Fsp3) is 0.345. The van der Waals surface area contributed by atoms with Crippen LogP contribution in [0.4, 0.5) is 34.5 Å². The SMILES string of the molecule is C=CC(=O)Nc1cc(Nc2nccc(Nc3cc(Cl)c(Cl)cc3C(C)(C)O)n2)c(OC)cc1N1CC[C@@H](N(C)C)C1. The molecule has 41 heavy (non-hydrogen) atoms. The van der Waals surface area contributed by atoms with E-state index in [1.807, 2.05) is 6.07 Å². The zero-order valence-corrected chi connectivity index (χ0v) is 25.3. The minimum Gasteiger partial charge on any atom is -0.494 e. The van der Waals surface area contributed by atoms with Gasteiger partial charge in [0.05, 0.1) is 39.8 Å². The van der Waals surface area contributed by atoms with E-state index in [4.69, 9.17) is 27.9 Å². The fourth-order valence-corrected chi connectivity index (χ4v) is 4.99. The first-order valence-electron chi connectivity index (χ1n) is 13.1. The summed E-state index contributed by atoms with van der Waals surface area (Å²) in [7, 11) is 5.72. The van der Waals surface area contributed by atoms with Crippen LogP contribution in [0, 0.1) is 0 Å². The number of hydrogen-bond donors (Lipinski definition) is 4. The van der Waals surface area contributed by atoms with Crippen molar-refractivity contribution >= 4 is 63.6 Å². The lowest BCUT2D eigenvalue weighted by Crippen LogP contribution is -2.31. The van der Waals surface area contributed by atoms with Gasteiger partial charge in [0, 0.05) is 42.6 Å². The standard InChI is InChI=1S/C29H35Cl2N7O3/c1-7-27(39)34-22-14-23(25(41-6)15-24(22)38-11-9-17(16-38)37(4)5)35-28-32-10-8-26(36-28)33-21-13-20(31)19(30)12-18(21)29(2,3)40/h7-8,10,12-15,17,40H,1,9,11,16H2,2-6H3,(H,34,39)(H2,32,33,35,36)/t17-/m1/s1. The van der Waals surface area contributed by atoms with Crippen LogP contribution in [0.15, 0.2) is 49.2 Å². The highest BCUT2D eigenvalue weighted by Gasteiger charge is 2.27. The summed E-state index contributed by atoms with van der Waals surface area (Å²) in [5, 5.41) is 20.7. The summed E-state index contributed by atoms with van der Waals surface area (Å²) in [5.41, 5.74) is 1.93. The van der Waals surface area contributed by atoms with Crippen molar-refractivity contribution < 1.29 is 14.6 Å². The summed E-state index contributed by atoms with van der Waals surface area (Å²) in [5.74, 6) is 0.966. The van der Waals surface area contributed by atoms with Crippen LogP contribution in [0.1, 0.15) is 25.8 Å². The second-order valence-electron chi connectivity index (χ2n) is 10.5. The molecule has 0 radical (unpaired) electrons. The maximum atomic E-state index is 12.3. The van der Waals surface area contributed by atoms with E-state index >= 15 is 0 Å². The lowest BCUT2D eigenvalue weighted by atomic mass is 9.96. The lowest BCUT2D eigenvalue weighted by Gasteiger charge is -2.25. The van der Waals surface area contributed by atoms with Crippen molar-refractivity contribution in [2.75, 3.05) is 55.1 Å². The van der Waals surface area contributed by atoms with E-state index in [1.54, 1.807) is 51.4 Å². The topological polar surface area (TPSA) is 115 Å². The second kappa shape index (κ2) is 12.5. The molecule has 4 rings (SSSR count). The summed E-state index contributed by atoms with van der Waals surface area (Å²) in [6.07, 6.45) is 3.83. The number of nitrogens with one attached hydrogen (secondary N) is 3. The van der Waals surface area contributed by atoms with E-state index in [0.717, 1.165) is 25.2 Å². The first-order valence-corrected chi connectivity index (χ1v) is 13.8. The molecule has 1 saturated heterocycles. The molecule has 3 aromatic rings. The third-order valence-electron chi connectivity index (χ3n) is 6.88. The molecule has 1 fully saturated rings. The zero-order valence-electron chi connectivity index (χ0n) is 23.8. The maximum Gasteiger partial charge on any atom is 0.247 e. The van der Waals surface area contributed by atoms with Gasteiger partial charge >= 0.3 is 0 Å². The Labute approximate surface area is 250 Å². The number of anilines is 6. The largest absolute Gasteiger partial charge is 0.494 e. The number of benzene rings is 2. The van der Waals surface area contributed by atoms with E-state index < -0.39 is 5.60 Å². The van der Waals surface area contributed by atoms with Gasteiger partial charge in [-0.3, -0.25) is 4.79 Å². The number of carbonyl (C=O) groups is 1. The number of ether oxygens (including phenoxy) is 1. The molecule has 0 aliphatic carbocycles. The van der Waals surface area contributed by atoms with Gasteiger partial charge in [0.15, 0.2) is 0 Å². The molecule has 218 valence electrons. The molecule has 0 saturated carbocycles. The van der Waals surface area contributed by atoms with Crippen molar-refractivity contribution in [2.45, 2.75) is 31.9 Å². The summed E-state index contributed by atoms with van der Waals surface area (Å²) < 4.78 is 5.72. The number of aromatic nitrogens is 2. The molecule has 0 unspecified atom stereocenters. The molecule has 1 amide bonds. The highest BCUT2D eigenvalue weighted by Crippen LogP contribution is 2.40. The van der Waals surface area contributed by atoms with Crippen molar-refractivity contribution in [3.05, 3.63) is 64.8 Å². The molecular weight excluding hydrogens is 565 g/mol. The smallest absolute Gasteiger partial charge is 0.247 e. The normalized spacial score (nSPS) is 15.1. The van der Waals surface area contributed by atoms with Crippen LogP contribution in [0.2, 0.25) is 10.0 Å². The molecule has 1 atom stereocenters.